The monoisotopic (exact) mass is 267 g/mol. The molecule has 1 N–H and O–H groups in total. The van der Waals surface area contributed by atoms with Gasteiger partial charge in [0.2, 0.25) is 0 Å². The van der Waals surface area contributed by atoms with Crippen molar-refractivity contribution in [3.63, 3.8) is 0 Å². The average molecular weight is 267 g/mol. The molecule has 0 amide bonds. The summed E-state index contributed by atoms with van der Waals surface area (Å²) < 4.78 is 0. The van der Waals surface area contributed by atoms with Gasteiger partial charge >= 0.3 is 0 Å². The van der Waals surface area contributed by atoms with Gasteiger partial charge in [-0.2, -0.15) is 0 Å². The molecule has 2 aromatic rings. The standard InChI is InChI=1S/C17H21N3/c1-13-6-5-9-15(10-13)20-16-11-18-17(19-12-16)14-7-3-2-4-8-14/h2-4,7-8,11-13,15,20H,5-6,9-10H2,1H3. The van der Waals surface area contributed by atoms with Crippen LogP contribution in [0.5, 0.6) is 0 Å². The molecule has 0 saturated heterocycles. The molecular weight excluding hydrogens is 246 g/mol. The number of benzene rings is 1. The third-order valence-electron chi connectivity index (χ3n) is 3.99. The molecule has 3 rings (SSSR count). The first-order valence-corrected chi connectivity index (χ1v) is 7.45. The lowest BCUT2D eigenvalue weighted by Gasteiger charge is -2.28. The van der Waals surface area contributed by atoms with E-state index in [0.717, 1.165) is 23.0 Å². The molecule has 0 bridgehead atoms. The first-order valence-electron chi connectivity index (χ1n) is 7.45. The van der Waals surface area contributed by atoms with Crippen LogP contribution in [-0.4, -0.2) is 16.0 Å². The summed E-state index contributed by atoms with van der Waals surface area (Å²) in [6, 6.07) is 10.7. The number of nitrogens with zero attached hydrogens (tertiary/aromatic N) is 2. The van der Waals surface area contributed by atoms with Crippen LogP contribution < -0.4 is 5.32 Å². The molecule has 0 aliphatic heterocycles. The summed E-state index contributed by atoms with van der Waals surface area (Å²) in [6.07, 6.45) is 8.98. The first-order chi connectivity index (χ1) is 9.81. The van der Waals surface area contributed by atoms with Crippen molar-refractivity contribution < 1.29 is 0 Å². The number of anilines is 1. The van der Waals surface area contributed by atoms with Gasteiger partial charge in [-0.05, 0) is 18.8 Å². The molecule has 0 radical (unpaired) electrons. The number of aromatic nitrogens is 2. The second-order valence-electron chi connectivity index (χ2n) is 5.77. The Balaban J connectivity index is 1.67. The molecule has 1 aromatic carbocycles. The second-order valence-corrected chi connectivity index (χ2v) is 5.77. The van der Waals surface area contributed by atoms with Gasteiger partial charge in [0.05, 0.1) is 18.1 Å². The van der Waals surface area contributed by atoms with E-state index in [0.29, 0.717) is 6.04 Å². The normalized spacial score (nSPS) is 22.4. The molecule has 1 heterocycles. The summed E-state index contributed by atoms with van der Waals surface area (Å²) in [6.45, 7) is 2.34. The van der Waals surface area contributed by atoms with Crippen molar-refractivity contribution in [1.29, 1.82) is 0 Å². The van der Waals surface area contributed by atoms with Crippen LogP contribution in [0.25, 0.3) is 11.4 Å². The van der Waals surface area contributed by atoms with Gasteiger partial charge in [-0.1, -0.05) is 50.1 Å². The highest BCUT2D eigenvalue weighted by Crippen LogP contribution is 2.26. The van der Waals surface area contributed by atoms with E-state index in [1.54, 1.807) is 0 Å². The molecule has 1 aromatic heterocycles. The average Bonchev–Trinajstić information content (AvgIpc) is 2.49. The molecule has 1 fully saturated rings. The van der Waals surface area contributed by atoms with Crippen LogP contribution in [0.4, 0.5) is 5.69 Å². The van der Waals surface area contributed by atoms with E-state index >= 15 is 0 Å². The minimum atomic E-state index is 0.574. The molecule has 3 heteroatoms. The van der Waals surface area contributed by atoms with Gasteiger partial charge in [0, 0.05) is 11.6 Å². The predicted octanol–water partition coefficient (Wildman–Crippen LogP) is 4.13. The Morgan fingerprint density at radius 1 is 1.05 bits per heavy atom. The Labute approximate surface area is 120 Å². The van der Waals surface area contributed by atoms with Gasteiger partial charge in [0.1, 0.15) is 0 Å². The largest absolute Gasteiger partial charge is 0.380 e. The zero-order chi connectivity index (χ0) is 13.8. The van der Waals surface area contributed by atoms with Crippen LogP contribution in [0.1, 0.15) is 32.6 Å². The zero-order valence-corrected chi connectivity index (χ0v) is 11.9. The molecule has 1 saturated carbocycles. The third-order valence-corrected chi connectivity index (χ3v) is 3.99. The fourth-order valence-electron chi connectivity index (χ4n) is 2.94. The molecule has 104 valence electrons. The lowest BCUT2D eigenvalue weighted by atomic mass is 9.87. The number of hydrogen-bond donors (Lipinski definition) is 1. The summed E-state index contributed by atoms with van der Waals surface area (Å²) in [5, 5.41) is 3.56. The topological polar surface area (TPSA) is 37.8 Å². The molecule has 3 nitrogen and oxygen atoms in total. The van der Waals surface area contributed by atoms with Crippen LogP contribution in [0.3, 0.4) is 0 Å². The Bertz CT molecular complexity index is 536. The minimum Gasteiger partial charge on any atom is -0.380 e. The smallest absolute Gasteiger partial charge is 0.159 e. The minimum absolute atomic E-state index is 0.574. The van der Waals surface area contributed by atoms with E-state index in [1.165, 1.54) is 25.7 Å². The quantitative estimate of drug-likeness (QED) is 0.908. The highest BCUT2D eigenvalue weighted by molar-refractivity contribution is 5.55. The van der Waals surface area contributed by atoms with Gasteiger partial charge in [0.25, 0.3) is 0 Å². The first kappa shape index (κ1) is 13.1. The van der Waals surface area contributed by atoms with Gasteiger partial charge in [-0.15, -0.1) is 0 Å². The SMILES string of the molecule is CC1CCCC(Nc2cnc(-c3ccccc3)nc2)C1. The summed E-state index contributed by atoms with van der Waals surface area (Å²) in [5.74, 6) is 1.61. The fraction of sp³-hybridized carbons (Fsp3) is 0.412. The van der Waals surface area contributed by atoms with Gasteiger partial charge in [-0.3, -0.25) is 0 Å². The molecule has 1 aliphatic rings. The van der Waals surface area contributed by atoms with Crippen molar-refractivity contribution in [2.45, 2.75) is 38.6 Å². The van der Waals surface area contributed by atoms with Crippen molar-refractivity contribution in [3.05, 3.63) is 42.7 Å². The van der Waals surface area contributed by atoms with E-state index in [-0.39, 0.29) is 0 Å². The predicted molar refractivity (Wildman–Crippen MR) is 82.5 cm³/mol. The number of nitrogens with one attached hydrogen (secondary N) is 1. The van der Waals surface area contributed by atoms with Crippen molar-refractivity contribution in [2.75, 3.05) is 5.32 Å². The fourth-order valence-corrected chi connectivity index (χ4v) is 2.94. The highest BCUT2D eigenvalue weighted by Gasteiger charge is 2.18. The molecular formula is C17H21N3. The van der Waals surface area contributed by atoms with E-state index in [1.807, 2.05) is 42.7 Å². The van der Waals surface area contributed by atoms with Crippen molar-refractivity contribution in [1.82, 2.24) is 9.97 Å². The van der Waals surface area contributed by atoms with Crippen LogP contribution in [0, 0.1) is 5.92 Å². The van der Waals surface area contributed by atoms with Gasteiger partial charge in [-0.25, -0.2) is 9.97 Å². The molecule has 1 aliphatic carbocycles. The summed E-state index contributed by atoms with van der Waals surface area (Å²) in [7, 11) is 0. The Morgan fingerprint density at radius 2 is 1.80 bits per heavy atom. The lowest BCUT2D eigenvalue weighted by molar-refractivity contribution is 0.358. The highest BCUT2D eigenvalue weighted by atomic mass is 15.0. The van der Waals surface area contributed by atoms with Crippen molar-refractivity contribution >= 4 is 5.69 Å². The molecule has 0 spiro atoms. The molecule has 2 atom stereocenters. The maximum Gasteiger partial charge on any atom is 0.159 e. The maximum absolute atomic E-state index is 4.46. The molecule has 20 heavy (non-hydrogen) atoms. The Morgan fingerprint density at radius 3 is 2.50 bits per heavy atom. The van der Waals surface area contributed by atoms with Crippen LogP contribution in [0.2, 0.25) is 0 Å². The third kappa shape index (κ3) is 3.16. The summed E-state index contributed by atoms with van der Waals surface area (Å²) >= 11 is 0. The molecule has 2 unspecified atom stereocenters. The van der Waals surface area contributed by atoms with E-state index in [4.69, 9.17) is 0 Å². The maximum atomic E-state index is 4.46. The van der Waals surface area contributed by atoms with Gasteiger partial charge < -0.3 is 5.32 Å². The van der Waals surface area contributed by atoms with Crippen LogP contribution in [0.15, 0.2) is 42.7 Å². The number of rotatable bonds is 3. The van der Waals surface area contributed by atoms with Crippen LogP contribution >= 0.6 is 0 Å². The van der Waals surface area contributed by atoms with Gasteiger partial charge in [0.15, 0.2) is 5.82 Å². The van der Waals surface area contributed by atoms with Crippen molar-refractivity contribution in [3.8, 4) is 11.4 Å². The Kier molecular flexibility index (Phi) is 3.95. The number of hydrogen-bond acceptors (Lipinski definition) is 3. The Hall–Kier alpha value is -1.90. The lowest BCUT2D eigenvalue weighted by Crippen LogP contribution is -2.26. The second kappa shape index (κ2) is 6.04. The zero-order valence-electron chi connectivity index (χ0n) is 11.9. The van der Waals surface area contributed by atoms with Crippen molar-refractivity contribution in [2.24, 2.45) is 5.92 Å². The van der Waals surface area contributed by atoms with E-state index in [9.17, 15) is 0 Å². The van der Waals surface area contributed by atoms with E-state index < -0.39 is 0 Å². The van der Waals surface area contributed by atoms with E-state index in [2.05, 4.69) is 22.2 Å². The summed E-state index contributed by atoms with van der Waals surface area (Å²) in [5.41, 5.74) is 2.09. The summed E-state index contributed by atoms with van der Waals surface area (Å²) in [4.78, 5) is 8.92. The van der Waals surface area contributed by atoms with Crippen LogP contribution in [-0.2, 0) is 0 Å².